The van der Waals surface area contributed by atoms with Crippen LogP contribution in [0, 0.1) is 34.6 Å². The van der Waals surface area contributed by atoms with Crippen molar-refractivity contribution in [2.75, 3.05) is 10.6 Å². The first-order valence-corrected chi connectivity index (χ1v) is 9.52. The predicted molar refractivity (Wildman–Crippen MR) is 117 cm³/mol. The molecule has 0 aliphatic carbocycles. The number of hydrogen-bond donors (Lipinski definition) is 2. The molecule has 0 atom stereocenters. The van der Waals surface area contributed by atoms with Crippen LogP contribution in [0.3, 0.4) is 0 Å². The molecule has 2 N–H and O–H groups in total. The van der Waals surface area contributed by atoms with Crippen LogP contribution in [-0.4, -0.2) is 15.5 Å². The molecular formula is C23H26N4O2. The third-order valence-corrected chi connectivity index (χ3v) is 4.57. The van der Waals surface area contributed by atoms with Crippen LogP contribution in [0.4, 0.5) is 17.3 Å². The Morgan fingerprint density at radius 1 is 0.931 bits per heavy atom. The normalized spacial score (nSPS) is 10.7. The number of hydrogen-bond acceptors (Lipinski definition) is 4. The molecule has 0 aliphatic rings. The lowest BCUT2D eigenvalue weighted by Crippen LogP contribution is -2.30. The molecule has 1 heterocycles. The van der Waals surface area contributed by atoms with Gasteiger partial charge >= 0.3 is 0 Å². The van der Waals surface area contributed by atoms with Crippen LogP contribution in [0.2, 0.25) is 0 Å². The third kappa shape index (κ3) is 5.10. The predicted octanol–water partition coefficient (Wildman–Crippen LogP) is 4.17. The van der Waals surface area contributed by atoms with E-state index in [9.17, 15) is 9.59 Å². The van der Waals surface area contributed by atoms with E-state index in [0.717, 1.165) is 33.6 Å². The summed E-state index contributed by atoms with van der Waals surface area (Å²) in [7, 11) is 0. The van der Waals surface area contributed by atoms with Gasteiger partial charge in [-0.15, -0.1) is 0 Å². The fourth-order valence-electron chi connectivity index (χ4n) is 3.33. The number of carbonyl (C=O) groups is 1. The zero-order chi connectivity index (χ0) is 21.1. The summed E-state index contributed by atoms with van der Waals surface area (Å²) >= 11 is 0. The molecule has 150 valence electrons. The van der Waals surface area contributed by atoms with Gasteiger partial charge in [-0.25, -0.2) is 4.98 Å². The van der Waals surface area contributed by atoms with Gasteiger partial charge in [0.1, 0.15) is 6.54 Å². The molecule has 3 aromatic rings. The second-order valence-electron chi connectivity index (χ2n) is 7.51. The zero-order valence-electron chi connectivity index (χ0n) is 17.5. The van der Waals surface area contributed by atoms with Crippen molar-refractivity contribution in [3.63, 3.8) is 0 Å². The summed E-state index contributed by atoms with van der Waals surface area (Å²) in [6, 6.07) is 13.3. The molecule has 0 aliphatic heterocycles. The van der Waals surface area contributed by atoms with Crippen molar-refractivity contribution >= 4 is 23.2 Å². The lowest BCUT2D eigenvalue weighted by atomic mass is 10.1. The Hall–Kier alpha value is -3.41. The molecule has 3 rings (SSSR count). The van der Waals surface area contributed by atoms with Gasteiger partial charge in [0, 0.05) is 23.1 Å². The second-order valence-corrected chi connectivity index (χ2v) is 7.51. The molecule has 0 saturated heterocycles. The highest BCUT2D eigenvalue weighted by molar-refractivity contribution is 5.91. The smallest absolute Gasteiger partial charge is 0.255 e. The first-order chi connectivity index (χ1) is 13.7. The lowest BCUT2D eigenvalue weighted by Gasteiger charge is -2.15. The number of rotatable bonds is 5. The molecule has 29 heavy (non-hydrogen) atoms. The Labute approximate surface area is 170 Å². The van der Waals surface area contributed by atoms with Crippen LogP contribution < -0.4 is 16.2 Å². The summed E-state index contributed by atoms with van der Waals surface area (Å²) in [6.45, 7) is 9.58. The monoisotopic (exact) mass is 390 g/mol. The molecule has 1 aromatic heterocycles. The van der Waals surface area contributed by atoms with Gasteiger partial charge in [0.25, 0.3) is 5.56 Å². The first kappa shape index (κ1) is 20.3. The Morgan fingerprint density at radius 3 is 2.28 bits per heavy atom. The molecule has 0 spiro atoms. The van der Waals surface area contributed by atoms with Crippen LogP contribution >= 0.6 is 0 Å². The van der Waals surface area contributed by atoms with E-state index < -0.39 is 0 Å². The van der Waals surface area contributed by atoms with Gasteiger partial charge in [-0.2, -0.15) is 0 Å². The van der Waals surface area contributed by atoms with Gasteiger partial charge in [0.15, 0.2) is 0 Å². The van der Waals surface area contributed by atoms with Crippen LogP contribution in [0.5, 0.6) is 0 Å². The van der Waals surface area contributed by atoms with Crippen molar-refractivity contribution in [3.05, 3.63) is 80.8 Å². The lowest BCUT2D eigenvalue weighted by molar-refractivity contribution is -0.116. The number of nitrogens with zero attached hydrogens (tertiary/aromatic N) is 2. The Bertz CT molecular complexity index is 1110. The van der Waals surface area contributed by atoms with E-state index in [1.807, 2.05) is 58.0 Å². The highest BCUT2D eigenvalue weighted by Gasteiger charge is 2.13. The Balaban J connectivity index is 1.88. The average Bonchev–Trinajstić information content (AvgIpc) is 2.59. The molecule has 2 aromatic carbocycles. The van der Waals surface area contributed by atoms with Crippen LogP contribution in [0.15, 0.2) is 47.3 Å². The van der Waals surface area contributed by atoms with Gasteiger partial charge in [-0.1, -0.05) is 23.8 Å². The minimum absolute atomic E-state index is 0.132. The SMILES string of the molecule is Cc1cc(C)cc(Nc2nc(C)cc(=O)n2CC(=O)Nc2ccc(C)cc2C)c1. The number of aryl methyl sites for hydroxylation is 5. The number of amides is 1. The summed E-state index contributed by atoms with van der Waals surface area (Å²) in [4.78, 5) is 29.7. The minimum atomic E-state index is -0.284. The van der Waals surface area contributed by atoms with Gasteiger partial charge in [0.05, 0.1) is 0 Å². The van der Waals surface area contributed by atoms with E-state index in [4.69, 9.17) is 0 Å². The summed E-state index contributed by atoms with van der Waals surface area (Å²) < 4.78 is 1.35. The topological polar surface area (TPSA) is 76.0 Å². The zero-order valence-corrected chi connectivity index (χ0v) is 17.5. The molecule has 6 nitrogen and oxygen atoms in total. The van der Waals surface area contributed by atoms with Crippen LogP contribution in [0.1, 0.15) is 27.9 Å². The van der Waals surface area contributed by atoms with Crippen LogP contribution in [-0.2, 0) is 11.3 Å². The summed E-state index contributed by atoms with van der Waals surface area (Å²) in [5, 5.41) is 6.08. The summed E-state index contributed by atoms with van der Waals surface area (Å²) in [6.07, 6.45) is 0. The first-order valence-electron chi connectivity index (χ1n) is 9.52. The van der Waals surface area contributed by atoms with Crippen molar-refractivity contribution < 1.29 is 4.79 Å². The number of carbonyl (C=O) groups excluding carboxylic acids is 1. The van der Waals surface area contributed by atoms with Gasteiger partial charge < -0.3 is 10.6 Å². The second kappa shape index (κ2) is 8.31. The maximum absolute atomic E-state index is 12.6. The van der Waals surface area contributed by atoms with Crippen molar-refractivity contribution in [1.29, 1.82) is 0 Å². The van der Waals surface area contributed by atoms with Crippen molar-refractivity contribution in [1.82, 2.24) is 9.55 Å². The number of nitrogens with one attached hydrogen (secondary N) is 2. The minimum Gasteiger partial charge on any atom is -0.325 e. The van der Waals surface area contributed by atoms with E-state index in [0.29, 0.717) is 11.6 Å². The maximum atomic E-state index is 12.6. The quantitative estimate of drug-likeness (QED) is 0.686. The molecular weight excluding hydrogens is 364 g/mol. The summed E-state index contributed by atoms with van der Waals surface area (Å²) in [5.41, 5.74) is 6.16. The van der Waals surface area contributed by atoms with Gasteiger partial charge in [0.2, 0.25) is 11.9 Å². The highest BCUT2D eigenvalue weighted by Crippen LogP contribution is 2.19. The van der Waals surface area contributed by atoms with Crippen molar-refractivity contribution in [3.8, 4) is 0 Å². The molecule has 0 bridgehead atoms. The molecule has 0 unspecified atom stereocenters. The summed E-state index contributed by atoms with van der Waals surface area (Å²) in [5.74, 6) is 0.0592. The Morgan fingerprint density at radius 2 is 1.62 bits per heavy atom. The molecule has 1 amide bonds. The van der Waals surface area contributed by atoms with E-state index in [2.05, 4.69) is 21.7 Å². The highest BCUT2D eigenvalue weighted by atomic mass is 16.2. The fraction of sp³-hybridized carbons (Fsp3) is 0.261. The number of anilines is 3. The van der Waals surface area contributed by atoms with Crippen molar-refractivity contribution in [2.45, 2.75) is 41.2 Å². The number of aromatic nitrogens is 2. The van der Waals surface area contributed by atoms with E-state index in [-0.39, 0.29) is 18.0 Å². The third-order valence-electron chi connectivity index (χ3n) is 4.57. The Kier molecular flexibility index (Phi) is 5.82. The fourth-order valence-corrected chi connectivity index (χ4v) is 3.33. The van der Waals surface area contributed by atoms with E-state index in [1.54, 1.807) is 6.92 Å². The standard InChI is InChI=1S/C23H26N4O2/c1-14-6-7-20(17(4)9-14)26-21(28)13-27-22(29)12-18(5)24-23(27)25-19-10-15(2)8-16(3)11-19/h6-12H,13H2,1-5H3,(H,24,25)(H,26,28). The molecule has 0 fully saturated rings. The number of benzene rings is 2. The van der Waals surface area contributed by atoms with Gasteiger partial charge in [-0.05, 0) is 69.5 Å². The molecule has 0 saturated carbocycles. The largest absolute Gasteiger partial charge is 0.325 e. The van der Waals surface area contributed by atoms with E-state index in [1.165, 1.54) is 10.6 Å². The van der Waals surface area contributed by atoms with Crippen LogP contribution in [0.25, 0.3) is 0 Å². The average molecular weight is 390 g/mol. The van der Waals surface area contributed by atoms with Gasteiger partial charge in [-0.3, -0.25) is 14.2 Å². The van der Waals surface area contributed by atoms with E-state index >= 15 is 0 Å². The molecule has 6 heteroatoms. The molecule has 0 radical (unpaired) electrons. The van der Waals surface area contributed by atoms with Crippen molar-refractivity contribution in [2.24, 2.45) is 0 Å². The maximum Gasteiger partial charge on any atom is 0.255 e.